The minimum absolute atomic E-state index is 0.0311. The lowest BCUT2D eigenvalue weighted by Crippen LogP contribution is -2.29. The molecule has 1 saturated carbocycles. The number of benzene rings is 1. The number of fused-ring (bicyclic) bond motifs is 1. The Morgan fingerprint density at radius 1 is 1.38 bits per heavy atom. The third-order valence-electron chi connectivity index (χ3n) is 4.30. The average Bonchev–Trinajstić information content (AvgIpc) is 3.05. The molecule has 1 aromatic carbocycles. The summed E-state index contributed by atoms with van der Waals surface area (Å²) in [7, 11) is 0. The van der Waals surface area contributed by atoms with Gasteiger partial charge in [0.15, 0.2) is 5.58 Å². The molecule has 0 radical (unpaired) electrons. The third kappa shape index (κ3) is 2.50. The summed E-state index contributed by atoms with van der Waals surface area (Å²) in [5, 5.41) is 11.7. The van der Waals surface area contributed by atoms with Crippen LogP contribution in [0.25, 0.3) is 11.1 Å². The van der Waals surface area contributed by atoms with E-state index in [1.54, 1.807) is 0 Å². The smallest absolute Gasteiger partial charge is 0.408 e. The Morgan fingerprint density at radius 2 is 2.10 bits per heavy atom. The highest BCUT2D eigenvalue weighted by Crippen LogP contribution is 2.41. The van der Waals surface area contributed by atoms with Gasteiger partial charge in [0.1, 0.15) is 0 Å². The minimum Gasteiger partial charge on any atom is -0.408 e. The average molecular weight is 355 g/mol. The summed E-state index contributed by atoms with van der Waals surface area (Å²) in [6.07, 6.45) is 4.39. The standard InChI is InChI=1S/C14H15BrN2O4/c15-8-14(5-1-2-6-14)9-16-11-7-10(17(19)20)3-4-12(11)21-13(16)18/h3-4,7H,1-2,5-6,8-9H2. The number of alkyl halides is 1. The van der Waals surface area contributed by atoms with Crippen LogP contribution in [0.5, 0.6) is 0 Å². The molecule has 2 aromatic rings. The summed E-state index contributed by atoms with van der Waals surface area (Å²) < 4.78 is 6.74. The fourth-order valence-corrected chi connectivity index (χ4v) is 3.85. The maximum Gasteiger partial charge on any atom is 0.419 e. The molecule has 1 aliphatic rings. The molecule has 21 heavy (non-hydrogen) atoms. The van der Waals surface area contributed by atoms with E-state index >= 15 is 0 Å². The topological polar surface area (TPSA) is 78.3 Å². The van der Waals surface area contributed by atoms with E-state index in [0.717, 1.165) is 31.0 Å². The number of oxazole rings is 1. The van der Waals surface area contributed by atoms with Crippen molar-refractivity contribution in [3.8, 4) is 0 Å². The second-order valence-electron chi connectivity index (χ2n) is 5.70. The Bertz CT molecular complexity index is 743. The molecule has 6 nitrogen and oxygen atoms in total. The van der Waals surface area contributed by atoms with Crippen LogP contribution in [0.2, 0.25) is 0 Å². The second kappa shape index (κ2) is 5.29. The van der Waals surface area contributed by atoms with Crippen LogP contribution < -0.4 is 5.76 Å². The first-order valence-corrected chi connectivity index (χ1v) is 8.01. The van der Waals surface area contributed by atoms with Gasteiger partial charge in [-0.2, -0.15) is 0 Å². The summed E-state index contributed by atoms with van der Waals surface area (Å²) in [6, 6.07) is 4.25. The van der Waals surface area contributed by atoms with Crippen LogP contribution in [0.3, 0.4) is 0 Å². The Morgan fingerprint density at radius 3 is 2.71 bits per heavy atom. The molecule has 0 unspecified atom stereocenters. The van der Waals surface area contributed by atoms with Crippen LogP contribution in [0.15, 0.2) is 27.4 Å². The first kappa shape index (κ1) is 14.3. The normalized spacial score (nSPS) is 17.4. The number of nitro benzene ring substituents is 1. The predicted octanol–water partition coefficient (Wildman–Crippen LogP) is 3.46. The molecule has 0 atom stereocenters. The summed E-state index contributed by atoms with van der Waals surface area (Å²) in [5.74, 6) is -0.447. The van der Waals surface area contributed by atoms with Crippen molar-refractivity contribution in [2.24, 2.45) is 5.41 Å². The summed E-state index contributed by atoms with van der Waals surface area (Å²) in [4.78, 5) is 22.5. The third-order valence-corrected chi connectivity index (χ3v) is 5.49. The van der Waals surface area contributed by atoms with Crippen molar-refractivity contribution in [1.29, 1.82) is 0 Å². The van der Waals surface area contributed by atoms with Crippen molar-refractivity contribution in [3.63, 3.8) is 0 Å². The van der Waals surface area contributed by atoms with Gasteiger partial charge < -0.3 is 4.42 Å². The van der Waals surface area contributed by atoms with E-state index in [4.69, 9.17) is 4.42 Å². The van der Waals surface area contributed by atoms with E-state index in [9.17, 15) is 14.9 Å². The molecule has 0 aliphatic heterocycles. The minimum atomic E-state index is -0.461. The molecular formula is C14H15BrN2O4. The fraction of sp³-hybridized carbons (Fsp3) is 0.500. The highest BCUT2D eigenvalue weighted by atomic mass is 79.9. The number of non-ortho nitro benzene ring substituents is 1. The van der Waals surface area contributed by atoms with Gasteiger partial charge in [-0.25, -0.2) is 4.79 Å². The van der Waals surface area contributed by atoms with Crippen LogP contribution >= 0.6 is 15.9 Å². The molecule has 112 valence electrons. The maximum atomic E-state index is 12.1. The number of aromatic nitrogens is 1. The number of halogens is 1. The Balaban J connectivity index is 2.08. The van der Waals surface area contributed by atoms with Gasteiger partial charge in [-0.1, -0.05) is 28.8 Å². The van der Waals surface area contributed by atoms with Crippen LogP contribution in [-0.4, -0.2) is 14.8 Å². The van der Waals surface area contributed by atoms with Crippen molar-refractivity contribution in [1.82, 2.24) is 4.57 Å². The van der Waals surface area contributed by atoms with Crippen molar-refractivity contribution < 1.29 is 9.34 Å². The highest BCUT2D eigenvalue weighted by molar-refractivity contribution is 9.09. The number of hydrogen-bond donors (Lipinski definition) is 0. The second-order valence-corrected chi connectivity index (χ2v) is 6.26. The van der Waals surface area contributed by atoms with Gasteiger partial charge in [0.05, 0.1) is 10.4 Å². The zero-order valence-corrected chi connectivity index (χ0v) is 13.0. The molecule has 1 heterocycles. The maximum absolute atomic E-state index is 12.1. The molecule has 1 aliphatic carbocycles. The first-order valence-electron chi connectivity index (χ1n) is 6.88. The van der Waals surface area contributed by atoms with E-state index in [0.29, 0.717) is 17.6 Å². The number of hydrogen-bond acceptors (Lipinski definition) is 4. The van der Waals surface area contributed by atoms with Gasteiger partial charge in [0.2, 0.25) is 0 Å². The lowest BCUT2D eigenvalue weighted by atomic mass is 9.88. The highest BCUT2D eigenvalue weighted by Gasteiger charge is 2.34. The molecule has 0 spiro atoms. The van der Waals surface area contributed by atoms with E-state index < -0.39 is 10.7 Å². The molecule has 0 amide bonds. The van der Waals surface area contributed by atoms with Gasteiger partial charge in [-0.3, -0.25) is 14.7 Å². The van der Waals surface area contributed by atoms with E-state index in [-0.39, 0.29) is 11.1 Å². The number of nitro groups is 1. The van der Waals surface area contributed by atoms with Gasteiger partial charge in [0, 0.05) is 24.0 Å². The Labute approximate surface area is 129 Å². The quantitative estimate of drug-likeness (QED) is 0.478. The largest absolute Gasteiger partial charge is 0.419 e. The van der Waals surface area contributed by atoms with Crippen molar-refractivity contribution in [2.45, 2.75) is 32.2 Å². The van der Waals surface area contributed by atoms with Crippen molar-refractivity contribution in [2.75, 3.05) is 5.33 Å². The van der Waals surface area contributed by atoms with Gasteiger partial charge in [-0.05, 0) is 24.3 Å². The lowest BCUT2D eigenvalue weighted by molar-refractivity contribution is -0.384. The van der Waals surface area contributed by atoms with E-state index in [2.05, 4.69) is 15.9 Å². The van der Waals surface area contributed by atoms with Crippen LogP contribution in [0.1, 0.15) is 25.7 Å². The molecular weight excluding hydrogens is 340 g/mol. The first-order chi connectivity index (χ1) is 10.0. The van der Waals surface area contributed by atoms with Gasteiger partial charge >= 0.3 is 5.76 Å². The lowest BCUT2D eigenvalue weighted by Gasteiger charge is -2.26. The Kier molecular flexibility index (Phi) is 3.61. The molecule has 0 bridgehead atoms. The number of nitrogens with zero attached hydrogens (tertiary/aromatic N) is 2. The molecule has 7 heteroatoms. The van der Waals surface area contributed by atoms with E-state index in [1.165, 1.54) is 22.8 Å². The summed E-state index contributed by atoms with van der Waals surface area (Å²) in [6.45, 7) is 0.533. The predicted molar refractivity (Wildman–Crippen MR) is 81.8 cm³/mol. The zero-order chi connectivity index (χ0) is 15.0. The van der Waals surface area contributed by atoms with Crippen molar-refractivity contribution in [3.05, 3.63) is 38.9 Å². The summed E-state index contributed by atoms with van der Waals surface area (Å²) >= 11 is 3.55. The molecule has 1 fully saturated rings. The SMILES string of the molecule is O=c1oc2ccc([N+](=O)[O-])cc2n1CC1(CBr)CCCC1. The monoisotopic (exact) mass is 354 g/mol. The zero-order valence-electron chi connectivity index (χ0n) is 11.4. The number of rotatable bonds is 4. The van der Waals surface area contributed by atoms with E-state index in [1.807, 2.05) is 0 Å². The van der Waals surface area contributed by atoms with Crippen LogP contribution in [-0.2, 0) is 6.54 Å². The van der Waals surface area contributed by atoms with Gasteiger partial charge in [0.25, 0.3) is 5.69 Å². The van der Waals surface area contributed by atoms with Crippen LogP contribution in [0, 0.1) is 15.5 Å². The van der Waals surface area contributed by atoms with Crippen molar-refractivity contribution >= 4 is 32.7 Å². The molecule has 3 rings (SSSR count). The molecule has 0 N–H and O–H groups in total. The molecule has 1 aromatic heterocycles. The molecule has 0 saturated heterocycles. The fourth-order valence-electron chi connectivity index (χ4n) is 3.11. The Hall–Kier alpha value is -1.63. The van der Waals surface area contributed by atoms with Gasteiger partial charge in [-0.15, -0.1) is 0 Å². The summed E-state index contributed by atoms with van der Waals surface area (Å²) in [5.41, 5.74) is 0.900. The van der Waals surface area contributed by atoms with Crippen LogP contribution in [0.4, 0.5) is 5.69 Å².